The van der Waals surface area contributed by atoms with Crippen LogP contribution in [0.5, 0.6) is 0 Å². The second-order valence-corrected chi connectivity index (χ2v) is 9.18. The van der Waals surface area contributed by atoms with Gasteiger partial charge in [-0.2, -0.15) is 0 Å². The van der Waals surface area contributed by atoms with E-state index in [9.17, 15) is 13.5 Å². The highest BCUT2D eigenvalue weighted by Crippen LogP contribution is 2.25. The largest absolute Gasteiger partial charge is 0.384 e. The van der Waals surface area contributed by atoms with Crippen LogP contribution in [0.15, 0.2) is 88.2 Å². The van der Waals surface area contributed by atoms with Crippen molar-refractivity contribution >= 4 is 26.0 Å². The lowest BCUT2D eigenvalue weighted by Gasteiger charge is -2.24. The van der Waals surface area contributed by atoms with Crippen LogP contribution in [0, 0.1) is 0 Å². The number of rotatable bonds is 6. The molecular formula is C21H20BrNO3S. The van der Waals surface area contributed by atoms with Gasteiger partial charge in [0.25, 0.3) is 0 Å². The van der Waals surface area contributed by atoms with Crippen LogP contribution in [-0.4, -0.2) is 20.1 Å². The molecule has 0 aliphatic heterocycles. The maximum Gasteiger partial charge on any atom is 0.240 e. The van der Waals surface area contributed by atoms with E-state index in [1.807, 2.05) is 54.6 Å². The summed E-state index contributed by atoms with van der Waals surface area (Å²) in [5, 5.41) is 10.8. The predicted octanol–water partition coefficient (Wildman–Crippen LogP) is 4.30. The fraction of sp³-hybridized carbons (Fsp3) is 0.143. The van der Waals surface area contributed by atoms with Gasteiger partial charge in [-0.25, -0.2) is 13.1 Å². The molecule has 0 saturated carbocycles. The Bertz CT molecular complexity index is 1000. The van der Waals surface area contributed by atoms with Crippen LogP contribution in [-0.2, 0) is 15.6 Å². The van der Waals surface area contributed by atoms with Crippen LogP contribution in [0.2, 0.25) is 0 Å². The first-order valence-corrected chi connectivity index (χ1v) is 10.7. The van der Waals surface area contributed by atoms with Crippen molar-refractivity contribution in [2.75, 3.05) is 6.54 Å². The van der Waals surface area contributed by atoms with Gasteiger partial charge in [-0.15, -0.1) is 0 Å². The summed E-state index contributed by atoms with van der Waals surface area (Å²) in [7, 11) is -3.70. The van der Waals surface area contributed by atoms with Crippen LogP contribution in [0.25, 0.3) is 11.1 Å². The normalized spacial score (nSPS) is 13.9. The Balaban J connectivity index is 1.73. The third kappa shape index (κ3) is 4.84. The van der Waals surface area contributed by atoms with E-state index in [1.54, 1.807) is 19.1 Å². The third-order valence-corrected chi connectivity index (χ3v) is 6.29. The first-order chi connectivity index (χ1) is 12.8. The second-order valence-electron chi connectivity index (χ2n) is 6.50. The monoisotopic (exact) mass is 445 g/mol. The molecule has 4 nitrogen and oxygen atoms in total. The zero-order valence-corrected chi connectivity index (χ0v) is 17.2. The number of sulfonamides is 1. The van der Waals surface area contributed by atoms with Crippen LogP contribution < -0.4 is 4.72 Å². The van der Waals surface area contributed by atoms with E-state index in [2.05, 4.69) is 20.7 Å². The molecular weight excluding hydrogens is 426 g/mol. The smallest absolute Gasteiger partial charge is 0.240 e. The Morgan fingerprint density at radius 2 is 1.44 bits per heavy atom. The van der Waals surface area contributed by atoms with Crippen molar-refractivity contribution in [2.45, 2.75) is 17.4 Å². The topological polar surface area (TPSA) is 66.4 Å². The standard InChI is InChI=1S/C21H20BrNO3S/c1-21(24,15-23-27(25,26)20-13-11-19(22)12-14-20)18-9-7-17(8-10-18)16-5-3-2-4-6-16/h2-14,23-24H,15H2,1H3. The number of hydrogen-bond acceptors (Lipinski definition) is 3. The van der Waals surface area contributed by atoms with Gasteiger partial charge in [-0.3, -0.25) is 0 Å². The molecule has 27 heavy (non-hydrogen) atoms. The van der Waals surface area contributed by atoms with Crippen molar-refractivity contribution in [3.63, 3.8) is 0 Å². The molecule has 0 fully saturated rings. The van der Waals surface area contributed by atoms with Gasteiger partial charge in [-0.05, 0) is 47.9 Å². The third-order valence-electron chi connectivity index (χ3n) is 4.34. The van der Waals surface area contributed by atoms with E-state index in [4.69, 9.17) is 0 Å². The molecule has 0 saturated heterocycles. The van der Waals surface area contributed by atoms with Crippen molar-refractivity contribution in [2.24, 2.45) is 0 Å². The summed E-state index contributed by atoms with van der Waals surface area (Å²) >= 11 is 3.28. The lowest BCUT2D eigenvalue weighted by atomic mass is 9.94. The minimum Gasteiger partial charge on any atom is -0.384 e. The zero-order chi connectivity index (χ0) is 19.5. The summed E-state index contributed by atoms with van der Waals surface area (Å²) < 4.78 is 28.1. The molecule has 1 atom stereocenters. The molecule has 0 bridgehead atoms. The molecule has 1 unspecified atom stereocenters. The highest BCUT2D eigenvalue weighted by molar-refractivity contribution is 9.10. The summed E-state index contributed by atoms with van der Waals surface area (Å²) in [6.45, 7) is 1.46. The molecule has 6 heteroatoms. The highest BCUT2D eigenvalue weighted by Gasteiger charge is 2.26. The van der Waals surface area contributed by atoms with Gasteiger partial charge in [0, 0.05) is 11.0 Å². The second kappa shape index (κ2) is 7.94. The Morgan fingerprint density at radius 1 is 0.889 bits per heavy atom. The first kappa shape index (κ1) is 19.8. The summed E-state index contributed by atoms with van der Waals surface area (Å²) in [6, 6.07) is 23.7. The van der Waals surface area contributed by atoms with Crippen molar-refractivity contribution in [1.82, 2.24) is 4.72 Å². The number of halogens is 1. The van der Waals surface area contributed by atoms with Gasteiger partial charge < -0.3 is 5.11 Å². The molecule has 0 amide bonds. The number of hydrogen-bond donors (Lipinski definition) is 2. The summed E-state index contributed by atoms with van der Waals surface area (Å²) in [5.74, 6) is 0. The average Bonchev–Trinajstić information content (AvgIpc) is 2.68. The minimum absolute atomic E-state index is 0.129. The van der Waals surface area contributed by atoms with Crippen molar-refractivity contribution in [3.05, 3.63) is 88.9 Å². The maximum absolute atomic E-state index is 12.4. The maximum atomic E-state index is 12.4. The SMILES string of the molecule is CC(O)(CNS(=O)(=O)c1ccc(Br)cc1)c1ccc(-c2ccccc2)cc1. The van der Waals surface area contributed by atoms with E-state index < -0.39 is 15.6 Å². The lowest BCUT2D eigenvalue weighted by Crippen LogP contribution is -2.38. The van der Waals surface area contributed by atoms with Gasteiger partial charge in [0.2, 0.25) is 10.0 Å². The summed E-state index contributed by atoms with van der Waals surface area (Å²) in [5.41, 5.74) is 1.42. The Kier molecular flexibility index (Phi) is 5.81. The Morgan fingerprint density at radius 3 is 2.04 bits per heavy atom. The van der Waals surface area contributed by atoms with Gasteiger partial charge in [0.15, 0.2) is 0 Å². The van der Waals surface area contributed by atoms with Gasteiger partial charge in [0.1, 0.15) is 5.60 Å². The van der Waals surface area contributed by atoms with Crippen molar-refractivity contribution < 1.29 is 13.5 Å². The summed E-state index contributed by atoms with van der Waals surface area (Å²) in [4.78, 5) is 0.154. The zero-order valence-electron chi connectivity index (χ0n) is 14.8. The van der Waals surface area contributed by atoms with E-state index >= 15 is 0 Å². The molecule has 3 aromatic rings. The van der Waals surface area contributed by atoms with Gasteiger partial charge >= 0.3 is 0 Å². The molecule has 0 heterocycles. The van der Waals surface area contributed by atoms with E-state index in [0.29, 0.717) is 5.56 Å². The molecule has 0 aliphatic rings. The van der Waals surface area contributed by atoms with Crippen LogP contribution in [0.1, 0.15) is 12.5 Å². The summed E-state index contributed by atoms with van der Waals surface area (Å²) in [6.07, 6.45) is 0. The predicted molar refractivity (Wildman–Crippen MR) is 111 cm³/mol. The highest BCUT2D eigenvalue weighted by atomic mass is 79.9. The van der Waals surface area contributed by atoms with Crippen LogP contribution in [0.3, 0.4) is 0 Å². The molecule has 0 aliphatic carbocycles. The molecule has 0 aromatic heterocycles. The average molecular weight is 446 g/mol. The van der Waals surface area contributed by atoms with E-state index in [1.165, 1.54) is 12.1 Å². The molecule has 3 rings (SSSR count). The molecule has 0 radical (unpaired) electrons. The Labute approximate surface area is 168 Å². The van der Waals surface area contributed by atoms with Crippen LogP contribution >= 0.6 is 15.9 Å². The number of benzene rings is 3. The molecule has 2 N–H and O–H groups in total. The van der Waals surface area contributed by atoms with Crippen molar-refractivity contribution in [3.8, 4) is 11.1 Å². The fourth-order valence-corrected chi connectivity index (χ4v) is 4.08. The van der Waals surface area contributed by atoms with E-state index in [0.717, 1.165) is 15.6 Å². The molecule has 3 aromatic carbocycles. The van der Waals surface area contributed by atoms with E-state index in [-0.39, 0.29) is 11.4 Å². The quantitative estimate of drug-likeness (QED) is 0.594. The van der Waals surface area contributed by atoms with Gasteiger partial charge in [0.05, 0.1) is 4.90 Å². The molecule has 0 spiro atoms. The Hall–Kier alpha value is -1.99. The first-order valence-electron chi connectivity index (χ1n) is 8.41. The minimum atomic E-state index is -3.70. The molecule has 140 valence electrons. The number of aliphatic hydroxyl groups is 1. The lowest BCUT2D eigenvalue weighted by molar-refractivity contribution is 0.0627. The fourth-order valence-electron chi connectivity index (χ4n) is 2.69. The number of nitrogens with one attached hydrogen (secondary N) is 1. The van der Waals surface area contributed by atoms with Crippen LogP contribution in [0.4, 0.5) is 0 Å². The van der Waals surface area contributed by atoms with Gasteiger partial charge in [-0.1, -0.05) is 70.5 Å². The van der Waals surface area contributed by atoms with Crippen molar-refractivity contribution in [1.29, 1.82) is 0 Å².